The molecule has 0 atom stereocenters. The topological polar surface area (TPSA) is 43.1 Å². The van der Waals surface area contributed by atoms with Gasteiger partial charge in [-0.2, -0.15) is 0 Å². The predicted molar refractivity (Wildman–Crippen MR) is 51.6 cm³/mol. The molecule has 1 aliphatic rings. The molecule has 0 heterocycles. The molecule has 0 amide bonds. The first-order chi connectivity index (χ1) is 5.49. The van der Waals surface area contributed by atoms with E-state index in [1.165, 1.54) is 0 Å². The molecule has 1 aliphatic carbocycles. The summed E-state index contributed by atoms with van der Waals surface area (Å²) in [7, 11) is 0. The second-order valence-electron chi connectivity index (χ2n) is 3.70. The number of carbonyl (C=O) groups excluding carboxylic acids is 1. The van der Waals surface area contributed by atoms with E-state index in [1.54, 1.807) is 6.08 Å². The molecule has 2 N–H and O–H groups in total. The molecule has 0 aromatic heterocycles. The first-order valence-electron chi connectivity index (χ1n) is 4.48. The summed E-state index contributed by atoms with van der Waals surface area (Å²) in [5, 5.41) is 0. The molecule has 0 aromatic carbocycles. The first kappa shape index (κ1) is 11.2. The second kappa shape index (κ2) is 4.29. The maximum atomic E-state index is 10.9. The average molecular weight is 169 g/mol. The largest absolute Gasteiger partial charge is 0.402 e. The molecule has 0 saturated carbocycles. The summed E-state index contributed by atoms with van der Waals surface area (Å²) in [6, 6.07) is 0. The zero-order valence-corrected chi connectivity index (χ0v) is 8.48. The Morgan fingerprint density at radius 3 is 2.17 bits per heavy atom. The smallest absolute Gasteiger partial charge is 0.157 e. The molecule has 0 unspecified atom stereocenters. The molecule has 2 nitrogen and oxygen atoms in total. The van der Waals surface area contributed by atoms with Crippen molar-refractivity contribution in [2.45, 2.75) is 40.5 Å². The van der Waals surface area contributed by atoms with Crippen LogP contribution in [-0.4, -0.2) is 5.78 Å². The van der Waals surface area contributed by atoms with Crippen molar-refractivity contribution in [2.24, 2.45) is 11.1 Å². The van der Waals surface area contributed by atoms with Gasteiger partial charge in [-0.25, -0.2) is 0 Å². The van der Waals surface area contributed by atoms with Crippen LogP contribution < -0.4 is 5.73 Å². The molecule has 0 spiro atoms. The lowest BCUT2D eigenvalue weighted by molar-refractivity contribution is -0.117. The van der Waals surface area contributed by atoms with Gasteiger partial charge in [-0.15, -0.1) is 0 Å². The zero-order chi connectivity index (χ0) is 9.78. The lowest BCUT2D eigenvalue weighted by Gasteiger charge is -2.26. The summed E-state index contributed by atoms with van der Waals surface area (Å²) in [5.74, 6) is 0.161. The second-order valence-corrected chi connectivity index (χ2v) is 3.70. The van der Waals surface area contributed by atoms with Crippen molar-refractivity contribution >= 4 is 5.78 Å². The van der Waals surface area contributed by atoms with Crippen LogP contribution in [0.5, 0.6) is 0 Å². The third kappa shape index (κ3) is 3.56. The maximum absolute atomic E-state index is 10.9. The minimum Gasteiger partial charge on any atom is -0.402 e. The molecule has 0 aliphatic heterocycles. The van der Waals surface area contributed by atoms with E-state index in [0.29, 0.717) is 6.42 Å². The van der Waals surface area contributed by atoms with Gasteiger partial charge in [-0.05, 0) is 17.9 Å². The Kier molecular flexibility index (Phi) is 4.01. The highest BCUT2D eigenvalue weighted by Gasteiger charge is 2.25. The zero-order valence-electron chi connectivity index (χ0n) is 8.48. The van der Waals surface area contributed by atoms with Crippen LogP contribution in [0.4, 0.5) is 0 Å². The highest BCUT2D eigenvalue weighted by molar-refractivity contribution is 5.91. The number of carbonyl (C=O) groups is 1. The summed E-state index contributed by atoms with van der Waals surface area (Å²) >= 11 is 0. The van der Waals surface area contributed by atoms with E-state index in [4.69, 9.17) is 5.73 Å². The fraction of sp³-hybridized carbons (Fsp3) is 0.700. The van der Waals surface area contributed by atoms with Crippen molar-refractivity contribution in [3.63, 3.8) is 0 Å². The van der Waals surface area contributed by atoms with Crippen LogP contribution in [0.15, 0.2) is 11.8 Å². The van der Waals surface area contributed by atoms with Crippen molar-refractivity contribution in [3.8, 4) is 0 Å². The predicted octanol–water partition coefficient (Wildman–Crippen LogP) is 2.24. The van der Waals surface area contributed by atoms with Crippen LogP contribution in [0, 0.1) is 5.41 Å². The van der Waals surface area contributed by atoms with Gasteiger partial charge >= 0.3 is 0 Å². The summed E-state index contributed by atoms with van der Waals surface area (Å²) in [4.78, 5) is 10.9. The third-order valence-electron chi connectivity index (χ3n) is 1.68. The number of ketones is 1. The highest BCUT2D eigenvalue weighted by Crippen LogP contribution is 2.31. The Bertz CT molecular complexity index is 192. The Balaban J connectivity index is 0.000000561. The minimum absolute atomic E-state index is 0.0793. The number of hydrogen-bond donors (Lipinski definition) is 1. The van der Waals surface area contributed by atoms with Crippen molar-refractivity contribution < 1.29 is 4.79 Å². The molecule has 0 bridgehead atoms. The van der Waals surface area contributed by atoms with E-state index in [9.17, 15) is 4.79 Å². The van der Waals surface area contributed by atoms with Gasteiger partial charge in [0.1, 0.15) is 0 Å². The van der Waals surface area contributed by atoms with E-state index < -0.39 is 0 Å². The van der Waals surface area contributed by atoms with Gasteiger partial charge in [0.05, 0.1) is 0 Å². The Morgan fingerprint density at radius 1 is 1.33 bits per heavy atom. The molecular weight excluding hydrogens is 150 g/mol. The van der Waals surface area contributed by atoms with E-state index >= 15 is 0 Å². The van der Waals surface area contributed by atoms with Crippen LogP contribution in [0.1, 0.15) is 40.5 Å². The summed E-state index contributed by atoms with van der Waals surface area (Å²) in [6.07, 6.45) is 3.03. The lowest BCUT2D eigenvalue weighted by atomic mass is 9.79. The van der Waals surface area contributed by atoms with Gasteiger partial charge in [-0.1, -0.05) is 27.7 Å². The van der Waals surface area contributed by atoms with Crippen molar-refractivity contribution in [2.75, 3.05) is 0 Å². The van der Waals surface area contributed by atoms with Crippen LogP contribution >= 0.6 is 0 Å². The molecule has 2 heteroatoms. The minimum atomic E-state index is 0.0793. The standard InChI is InChI=1S/C8H13NO.C2H6/c1-8(2)4-6(9)3-7(10)5-8;1-2/h3H,4-5,9H2,1-2H3;1-2H3. The average Bonchev–Trinajstić information content (AvgIpc) is 1.85. The van der Waals surface area contributed by atoms with Gasteiger partial charge in [0, 0.05) is 12.1 Å². The first-order valence-corrected chi connectivity index (χ1v) is 4.48. The van der Waals surface area contributed by atoms with E-state index in [-0.39, 0.29) is 11.2 Å². The van der Waals surface area contributed by atoms with Crippen LogP contribution in [-0.2, 0) is 4.79 Å². The van der Waals surface area contributed by atoms with E-state index in [1.807, 2.05) is 13.8 Å². The molecule has 12 heavy (non-hydrogen) atoms. The number of allylic oxidation sites excluding steroid dienone is 2. The fourth-order valence-electron chi connectivity index (χ4n) is 1.40. The number of hydrogen-bond acceptors (Lipinski definition) is 2. The third-order valence-corrected chi connectivity index (χ3v) is 1.68. The normalized spacial score (nSPS) is 20.7. The highest BCUT2D eigenvalue weighted by atomic mass is 16.1. The molecule has 0 radical (unpaired) electrons. The van der Waals surface area contributed by atoms with Crippen molar-refractivity contribution in [1.82, 2.24) is 0 Å². The molecule has 0 aromatic rings. The molecule has 0 fully saturated rings. The lowest BCUT2D eigenvalue weighted by Crippen LogP contribution is -2.24. The van der Waals surface area contributed by atoms with Gasteiger partial charge in [-0.3, -0.25) is 4.79 Å². The Labute approximate surface area is 74.8 Å². The molecule has 0 saturated heterocycles. The van der Waals surface area contributed by atoms with Crippen LogP contribution in [0.3, 0.4) is 0 Å². The quantitative estimate of drug-likeness (QED) is 0.604. The Hall–Kier alpha value is -0.790. The van der Waals surface area contributed by atoms with Gasteiger partial charge in [0.25, 0.3) is 0 Å². The summed E-state index contributed by atoms with van der Waals surface area (Å²) < 4.78 is 0. The molecular formula is C10H19NO. The number of rotatable bonds is 0. The van der Waals surface area contributed by atoms with Crippen LogP contribution in [0.2, 0.25) is 0 Å². The van der Waals surface area contributed by atoms with E-state index in [2.05, 4.69) is 13.8 Å². The van der Waals surface area contributed by atoms with Crippen molar-refractivity contribution in [1.29, 1.82) is 0 Å². The maximum Gasteiger partial charge on any atom is 0.157 e. The van der Waals surface area contributed by atoms with Gasteiger partial charge in [0.2, 0.25) is 0 Å². The molecule has 70 valence electrons. The van der Waals surface area contributed by atoms with E-state index in [0.717, 1.165) is 12.1 Å². The molecule has 1 rings (SSSR count). The van der Waals surface area contributed by atoms with Crippen LogP contribution in [0.25, 0.3) is 0 Å². The Morgan fingerprint density at radius 2 is 1.83 bits per heavy atom. The summed E-state index contributed by atoms with van der Waals surface area (Å²) in [5.41, 5.74) is 6.34. The fourth-order valence-corrected chi connectivity index (χ4v) is 1.40. The van der Waals surface area contributed by atoms with Gasteiger partial charge < -0.3 is 5.73 Å². The SMILES string of the molecule is CC.CC1(C)CC(=O)C=C(N)C1. The monoisotopic (exact) mass is 169 g/mol. The van der Waals surface area contributed by atoms with Gasteiger partial charge in [0.15, 0.2) is 5.78 Å². The van der Waals surface area contributed by atoms with Crippen molar-refractivity contribution in [3.05, 3.63) is 11.8 Å². The number of nitrogens with two attached hydrogens (primary N) is 1. The summed E-state index contributed by atoms with van der Waals surface area (Å²) in [6.45, 7) is 8.12.